The average Bonchev–Trinajstić information content (AvgIpc) is 2.38. The third kappa shape index (κ3) is 3.17. The lowest BCUT2D eigenvalue weighted by molar-refractivity contribution is 0.327. The molecular formula is C14H24OP+. The molecule has 0 radical (unpaired) electrons. The smallest absolute Gasteiger partial charge is 0.0714 e. The van der Waals surface area contributed by atoms with Gasteiger partial charge in [-0.3, -0.25) is 0 Å². The number of allylic oxidation sites excluding steroid dienone is 1. The van der Waals surface area contributed by atoms with Crippen molar-refractivity contribution < 1.29 is 4.57 Å². The van der Waals surface area contributed by atoms with E-state index in [1.807, 2.05) is 0 Å². The van der Waals surface area contributed by atoms with Gasteiger partial charge in [-0.05, 0) is 43.1 Å². The van der Waals surface area contributed by atoms with Gasteiger partial charge in [-0.25, -0.2) is 0 Å². The van der Waals surface area contributed by atoms with Crippen molar-refractivity contribution >= 4 is 8.46 Å². The molecule has 90 valence electrons. The molecule has 2 aliphatic carbocycles. The molecule has 2 rings (SSSR count). The highest BCUT2D eigenvalue weighted by molar-refractivity contribution is 7.27. The van der Waals surface area contributed by atoms with Crippen LogP contribution in [-0.4, -0.2) is 0 Å². The van der Waals surface area contributed by atoms with Crippen molar-refractivity contribution in [3.8, 4) is 0 Å². The zero-order chi connectivity index (χ0) is 11.2. The van der Waals surface area contributed by atoms with Crippen molar-refractivity contribution in [1.29, 1.82) is 0 Å². The van der Waals surface area contributed by atoms with Gasteiger partial charge in [0.05, 0.1) is 0 Å². The van der Waals surface area contributed by atoms with Crippen molar-refractivity contribution in [3.05, 3.63) is 11.4 Å². The molecule has 2 fully saturated rings. The molecule has 1 unspecified atom stereocenters. The van der Waals surface area contributed by atoms with Crippen LogP contribution in [0.3, 0.4) is 0 Å². The summed E-state index contributed by atoms with van der Waals surface area (Å²) in [6.45, 7) is 0. The Hall–Kier alpha value is -0.160. The van der Waals surface area contributed by atoms with Gasteiger partial charge < -0.3 is 0 Å². The van der Waals surface area contributed by atoms with Gasteiger partial charge >= 0.3 is 8.46 Å². The maximum absolute atomic E-state index is 11.0. The van der Waals surface area contributed by atoms with E-state index in [2.05, 4.69) is 5.82 Å². The van der Waals surface area contributed by atoms with Crippen LogP contribution in [0, 0.1) is 11.8 Å². The fourth-order valence-corrected chi connectivity index (χ4v) is 4.12. The molecule has 0 aromatic rings. The van der Waals surface area contributed by atoms with Crippen LogP contribution in [0.4, 0.5) is 0 Å². The summed E-state index contributed by atoms with van der Waals surface area (Å²) in [7, 11) is -0.225. The molecule has 2 heteroatoms. The summed E-state index contributed by atoms with van der Waals surface area (Å²) < 4.78 is 11.0. The number of rotatable bonds is 3. The highest BCUT2D eigenvalue weighted by Crippen LogP contribution is 2.40. The van der Waals surface area contributed by atoms with Gasteiger partial charge in [0.25, 0.3) is 0 Å². The van der Waals surface area contributed by atoms with E-state index in [-0.39, 0.29) is 8.46 Å². The Morgan fingerprint density at radius 3 is 1.62 bits per heavy atom. The van der Waals surface area contributed by atoms with Gasteiger partial charge in [0.2, 0.25) is 0 Å². The van der Waals surface area contributed by atoms with Gasteiger partial charge in [0.1, 0.15) is 0 Å². The lowest BCUT2D eigenvalue weighted by Crippen LogP contribution is -2.18. The van der Waals surface area contributed by atoms with Gasteiger partial charge in [0.15, 0.2) is 5.82 Å². The Kier molecular flexibility index (Phi) is 5.03. The topological polar surface area (TPSA) is 17.1 Å². The molecule has 0 aromatic carbocycles. The second kappa shape index (κ2) is 6.55. The monoisotopic (exact) mass is 239 g/mol. The SMILES string of the molecule is O=[PH+]C=C(C1CCCCC1)C1CCCCC1. The minimum Gasteiger partial charge on any atom is -0.0714 e. The molecule has 2 saturated carbocycles. The Balaban J connectivity index is 2.02. The van der Waals surface area contributed by atoms with Crippen molar-refractivity contribution in [3.63, 3.8) is 0 Å². The van der Waals surface area contributed by atoms with E-state index in [1.165, 1.54) is 64.2 Å². The second-order valence-electron chi connectivity index (χ2n) is 5.43. The van der Waals surface area contributed by atoms with Crippen LogP contribution in [0.1, 0.15) is 64.2 Å². The Labute approximate surface area is 101 Å². The first kappa shape index (κ1) is 12.3. The predicted molar refractivity (Wildman–Crippen MR) is 70.2 cm³/mol. The summed E-state index contributed by atoms with van der Waals surface area (Å²) in [4.78, 5) is 0. The van der Waals surface area contributed by atoms with Gasteiger partial charge in [-0.2, -0.15) is 0 Å². The summed E-state index contributed by atoms with van der Waals surface area (Å²) in [6, 6.07) is 0. The highest BCUT2D eigenvalue weighted by atomic mass is 31.1. The standard InChI is InChI=1S/C14H23OP/c15-16-11-14(12-7-3-1-4-8-12)13-9-5-2-6-10-13/h11-13H,1-10H2/p+1. The van der Waals surface area contributed by atoms with Gasteiger partial charge in [-0.15, -0.1) is 0 Å². The second-order valence-corrected chi connectivity index (χ2v) is 5.96. The van der Waals surface area contributed by atoms with E-state index in [0.29, 0.717) is 0 Å². The zero-order valence-corrected chi connectivity index (χ0v) is 11.2. The van der Waals surface area contributed by atoms with Crippen LogP contribution in [-0.2, 0) is 4.57 Å². The summed E-state index contributed by atoms with van der Waals surface area (Å²) in [5.74, 6) is 3.61. The van der Waals surface area contributed by atoms with E-state index in [9.17, 15) is 4.57 Å². The van der Waals surface area contributed by atoms with Crippen LogP contribution in [0.2, 0.25) is 0 Å². The fourth-order valence-electron chi connectivity index (χ4n) is 3.51. The minimum atomic E-state index is -0.225. The quantitative estimate of drug-likeness (QED) is 0.629. The Bertz CT molecular complexity index is 227. The predicted octanol–water partition coefficient (Wildman–Crippen LogP) is 5.05. The lowest BCUT2D eigenvalue weighted by Gasteiger charge is -2.30. The van der Waals surface area contributed by atoms with E-state index >= 15 is 0 Å². The van der Waals surface area contributed by atoms with E-state index in [4.69, 9.17) is 0 Å². The van der Waals surface area contributed by atoms with Crippen molar-refractivity contribution in [1.82, 2.24) is 0 Å². The van der Waals surface area contributed by atoms with Crippen LogP contribution in [0.25, 0.3) is 0 Å². The lowest BCUT2D eigenvalue weighted by atomic mass is 9.74. The molecule has 0 saturated heterocycles. The number of hydrogen-bond acceptors (Lipinski definition) is 1. The molecule has 0 aliphatic heterocycles. The molecule has 0 amide bonds. The average molecular weight is 239 g/mol. The Morgan fingerprint density at radius 2 is 1.25 bits per heavy atom. The largest absolute Gasteiger partial charge is 0.355 e. The molecule has 2 aliphatic rings. The van der Waals surface area contributed by atoms with Crippen LogP contribution >= 0.6 is 8.46 Å². The molecule has 0 heterocycles. The third-order valence-corrected chi connectivity index (χ3v) is 4.83. The van der Waals surface area contributed by atoms with Crippen LogP contribution < -0.4 is 0 Å². The normalized spacial score (nSPS) is 24.5. The summed E-state index contributed by atoms with van der Waals surface area (Å²) in [5.41, 5.74) is 1.58. The molecule has 1 atom stereocenters. The van der Waals surface area contributed by atoms with Gasteiger partial charge in [0, 0.05) is 0 Å². The number of hydrogen-bond donors (Lipinski definition) is 0. The minimum absolute atomic E-state index is 0.225. The molecule has 0 bridgehead atoms. The van der Waals surface area contributed by atoms with E-state index < -0.39 is 0 Å². The fraction of sp³-hybridized carbons (Fsp3) is 0.857. The first-order chi connectivity index (χ1) is 7.92. The molecule has 0 aromatic heterocycles. The molecule has 1 nitrogen and oxygen atoms in total. The van der Waals surface area contributed by atoms with Crippen molar-refractivity contribution in [2.75, 3.05) is 0 Å². The molecule has 0 N–H and O–H groups in total. The third-order valence-electron chi connectivity index (χ3n) is 4.38. The van der Waals surface area contributed by atoms with Crippen LogP contribution in [0.5, 0.6) is 0 Å². The summed E-state index contributed by atoms with van der Waals surface area (Å²) >= 11 is 0. The Morgan fingerprint density at radius 1 is 0.812 bits per heavy atom. The first-order valence-corrected chi connectivity index (χ1v) is 7.98. The summed E-state index contributed by atoms with van der Waals surface area (Å²) in [5, 5.41) is 0. The summed E-state index contributed by atoms with van der Waals surface area (Å²) in [6.07, 6.45) is 13.8. The van der Waals surface area contributed by atoms with Crippen LogP contribution in [0.15, 0.2) is 11.4 Å². The first-order valence-electron chi connectivity index (χ1n) is 6.99. The van der Waals surface area contributed by atoms with Crippen molar-refractivity contribution in [2.24, 2.45) is 11.8 Å². The molecule has 0 spiro atoms. The highest BCUT2D eigenvalue weighted by Gasteiger charge is 2.27. The molecule has 16 heavy (non-hydrogen) atoms. The van der Waals surface area contributed by atoms with E-state index in [1.54, 1.807) is 5.57 Å². The van der Waals surface area contributed by atoms with E-state index in [0.717, 1.165) is 11.8 Å². The zero-order valence-electron chi connectivity index (χ0n) is 10.2. The molecular weight excluding hydrogens is 215 g/mol. The van der Waals surface area contributed by atoms with Crippen molar-refractivity contribution in [2.45, 2.75) is 64.2 Å². The maximum atomic E-state index is 11.0. The van der Waals surface area contributed by atoms with Gasteiger partial charge in [-0.1, -0.05) is 43.1 Å². The maximum Gasteiger partial charge on any atom is 0.355 e.